The van der Waals surface area contributed by atoms with Gasteiger partial charge in [-0.3, -0.25) is 45.4 Å². The maximum absolute atomic E-state index is 10.6. The summed E-state index contributed by atoms with van der Waals surface area (Å²) >= 11 is 0. The van der Waals surface area contributed by atoms with E-state index in [1.165, 1.54) is 69.9 Å². The molecule has 5 fully saturated rings. The first-order valence-electron chi connectivity index (χ1n) is 24.9. The number of anilines is 4. The third-order valence-corrected chi connectivity index (χ3v) is 14.0. The summed E-state index contributed by atoms with van der Waals surface area (Å²) in [6.07, 6.45) is 15.0. The Hall–Kier alpha value is -7.17. The molecular weight excluding hydrogens is 903 g/mol. The van der Waals surface area contributed by atoms with Crippen molar-refractivity contribution in [1.82, 2.24) is 4.98 Å². The molecule has 1 saturated carbocycles. The molecule has 0 amide bonds. The number of non-ortho nitro benzene ring substituents is 4. The van der Waals surface area contributed by atoms with E-state index in [-0.39, 0.29) is 37.5 Å². The summed E-state index contributed by atoms with van der Waals surface area (Å²) in [5.41, 5.74) is 6.00. The lowest BCUT2D eigenvalue weighted by atomic mass is 9.84. The Morgan fingerprint density at radius 3 is 1.45 bits per heavy atom. The van der Waals surface area contributed by atoms with Crippen LogP contribution in [0.15, 0.2) is 122 Å². The zero-order valence-electron chi connectivity index (χ0n) is 41.7. The first-order valence-corrected chi connectivity index (χ1v) is 24.9. The van der Waals surface area contributed by atoms with Crippen LogP contribution in [0.4, 0.5) is 45.5 Å². The van der Waals surface area contributed by atoms with E-state index in [1.807, 2.05) is 66.7 Å². The van der Waals surface area contributed by atoms with Gasteiger partial charge in [0.15, 0.2) is 0 Å². The Morgan fingerprint density at radius 1 is 0.577 bits per heavy atom. The fourth-order valence-electron chi connectivity index (χ4n) is 10.3. The van der Waals surface area contributed by atoms with Gasteiger partial charge in [-0.15, -0.1) is 0 Å². The second-order valence-corrected chi connectivity index (χ2v) is 19.9. The van der Waals surface area contributed by atoms with Gasteiger partial charge in [-0.05, 0) is 142 Å². The highest BCUT2D eigenvalue weighted by atomic mass is 16.6. The summed E-state index contributed by atoms with van der Waals surface area (Å²) < 4.78 is 0. The Kier molecular flexibility index (Phi) is 19.2. The molecule has 5 aliphatic rings. The number of nitro benzene ring substituents is 4. The molecule has 5 aromatic rings. The van der Waals surface area contributed by atoms with Gasteiger partial charge >= 0.3 is 0 Å². The highest BCUT2D eigenvalue weighted by Crippen LogP contribution is 2.37. The van der Waals surface area contributed by atoms with Gasteiger partial charge in [0.25, 0.3) is 22.7 Å². The molecule has 378 valence electrons. The molecule has 71 heavy (non-hydrogen) atoms. The van der Waals surface area contributed by atoms with Crippen LogP contribution in [-0.4, -0.2) is 70.0 Å². The average Bonchev–Trinajstić information content (AvgIpc) is 3.96. The van der Waals surface area contributed by atoms with Crippen LogP contribution in [0.5, 0.6) is 0 Å². The first kappa shape index (κ1) is 53.2. The van der Waals surface area contributed by atoms with Crippen molar-refractivity contribution in [3.8, 4) is 0 Å². The summed E-state index contributed by atoms with van der Waals surface area (Å²) in [7, 11) is 1.94. The molecule has 0 N–H and O–H groups in total. The van der Waals surface area contributed by atoms with E-state index < -0.39 is 4.92 Å². The molecule has 5 heterocycles. The van der Waals surface area contributed by atoms with Crippen molar-refractivity contribution >= 4 is 45.5 Å². The number of nitro groups is 4. The number of benzene rings is 4. The smallest absolute Gasteiger partial charge is 0.269 e. The van der Waals surface area contributed by atoms with Crippen molar-refractivity contribution in [1.29, 1.82) is 0 Å². The van der Waals surface area contributed by atoms with E-state index >= 15 is 0 Å². The second-order valence-electron chi connectivity index (χ2n) is 19.9. The Bertz CT molecular complexity index is 2450. The summed E-state index contributed by atoms with van der Waals surface area (Å²) in [5, 5.41) is 42.4. The number of pyridine rings is 1. The summed E-state index contributed by atoms with van der Waals surface area (Å²) in [6, 6.07) is 32.4. The Balaban J connectivity index is 0.000000155. The van der Waals surface area contributed by atoms with Crippen LogP contribution < -0.4 is 19.6 Å². The zero-order valence-corrected chi connectivity index (χ0v) is 41.7. The molecule has 1 aliphatic carbocycles. The van der Waals surface area contributed by atoms with E-state index in [9.17, 15) is 40.5 Å². The molecule has 4 aliphatic heterocycles. The maximum atomic E-state index is 10.6. The van der Waals surface area contributed by atoms with E-state index in [0.717, 1.165) is 66.3 Å². The lowest BCUT2D eigenvalue weighted by Crippen LogP contribution is -2.33. The summed E-state index contributed by atoms with van der Waals surface area (Å²) in [5.74, 6) is 2.94. The summed E-state index contributed by atoms with van der Waals surface area (Å²) in [4.78, 5) is 54.2. The van der Waals surface area contributed by atoms with Gasteiger partial charge in [0.05, 0.1) is 19.7 Å². The predicted octanol–water partition coefficient (Wildman–Crippen LogP) is 12.7. The minimum absolute atomic E-state index is 0.105. The van der Waals surface area contributed by atoms with Crippen molar-refractivity contribution in [2.24, 2.45) is 23.7 Å². The topological polar surface area (TPSA) is 198 Å². The number of hydrogen-bond acceptors (Lipinski definition) is 13. The number of rotatable bonds is 13. The molecule has 17 nitrogen and oxygen atoms in total. The molecule has 17 heteroatoms. The monoisotopic (exact) mass is 972 g/mol. The van der Waals surface area contributed by atoms with Crippen LogP contribution in [0.1, 0.15) is 91.0 Å². The molecule has 4 aromatic carbocycles. The SMILES string of the molecule is CC(C)C1CCCN1c1ccc([N+](=O)[O-])cc1.CC(C)CC1CCCN1c1ccc([N+](=O)[O-])cc1.CN(Cc1cccnc1)c1ccc([N+](=O)[O-])cc1.O=[N+]([O-])c1ccc(N2CC3CCC(CC3)C2)cc1. The number of nitrogens with zero attached hydrogens (tertiary/aromatic N) is 9. The van der Waals surface area contributed by atoms with Crippen molar-refractivity contribution in [3.63, 3.8) is 0 Å². The van der Waals surface area contributed by atoms with Gasteiger partial charge in [-0.2, -0.15) is 0 Å². The maximum Gasteiger partial charge on any atom is 0.269 e. The van der Waals surface area contributed by atoms with Crippen LogP contribution in [0.25, 0.3) is 0 Å². The predicted molar refractivity (Wildman–Crippen MR) is 281 cm³/mol. The van der Waals surface area contributed by atoms with Crippen LogP contribution in [-0.2, 0) is 6.54 Å². The number of fused-ring (bicyclic) bond motifs is 4. The molecule has 4 saturated heterocycles. The molecule has 0 spiro atoms. The lowest BCUT2D eigenvalue weighted by molar-refractivity contribution is -0.385. The second kappa shape index (κ2) is 25.6. The van der Waals surface area contributed by atoms with Crippen LogP contribution in [0, 0.1) is 64.1 Å². The average molecular weight is 972 g/mol. The molecule has 2 bridgehead atoms. The number of aromatic nitrogens is 1. The fourth-order valence-corrected chi connectivity index (χ4v) is 10.3. The zero-order chi connectivity index (χ0) is 51.0. The van der Waals surface area contributed by atoms with Crippen molar-refractivity contribution in [3.05, 3.63) is 168 Å². The summed E-state index contributed by atoms with van der Waals surface area (Å²) in [6.45, 7) is 14.0. The van der Waals surface area contributed by atoms with Crippen LogP contribution >= 0.6 is 0 Å². The number of hydrogen-bond donors (Lipinski definition) is 0. The third-order valence-electron chi connectivity index (χ3n) is 14.0. The molecule has 10 rings (SSSR count). The van der Waals surface area contributed by atoms with Crippen LogP contribution in [0.3, 0.4) is 0 Å². The fraction of sp³-hybridized carbons (Fsp3) is 0.463. The van der Waals surface area contributed by atoms with Crippen molar-refractivity contribution in [2.45, 2.75) is 104 Å². The molecular formula is C54H69N9O8. The Morgan fingerprint density at radius 2 is 1.01 bits per heavy atom. The lowest BCUT2D eigenvalue weighted by Gasteiger charge is -2.29. The van der Waals surface area contributed by atoms with Crippen LogP contribution in [0.2, 0.25) is 0 Å². The van der Waals surface area contributed by atoms with Gasteiger partial charge in [-0.1, -0.05) is 33.8 Å². The standard InChI is InChI=1S/C14H18N2O2.C14H20N2O2.C13H13N3O2.C13H18N2O2/c17-16(18)14-7-5-13(6-8-14)15-9-11-1-2-12(10-15)4-3-11;1-11(2)10-14-4-3-9-15(14)12-5-7-13(8-6-12)16(17)18;1-15(10-11-3-2-8-14-9-11)12-4-6-13(7-5-12)16(17)18;1-10(2)13-4-3-9-14(13)11-5-7-12(8-6-11)15(16)17/h5-8,11-12H,1-4,9-10H2;5-8,11,14H,3-4,9-10H2,1-2H3;2-9H,10H2,1H3;5-8,10,13H,3-4,9H2,1-2H3. The van der Waals surface area contributed by atoms with Gasteiger partial charge < -0.3 is 19.6 Å². The molecule has 2 unspecified atom stereocenters. The largest absolute Gasteiger partial charge is 0.371 e. The molecule has 1 aromatic heterocycles. The minimum Gasteiger partial charge on any atom is -0.371 e. The quantitative estimate of drug-likeness (QED) is 0.0798. The highest BCUT2D eigenvalue weighted by Gasteiger charge is 2.30. The Labute approximate surface area is 417 Å². The van der Waals surface area contributed by atoms with Crippen molar-refractivity contribution < 1.29 is 19.7 Å². The van der Waals surface area contributed by atoms with Gasteiger partial charge in [0.1, 0.15) is 0 Å². The van der Waals surface area contributed by atoms with E-state index in [4.69, 9.17) is 0 Å². The molecule has 2 atom stereocenters. The molecule has 0 radical (unpaired) electrons. The van der Waals surface area contributed by atoms with E-state index in [2.05, 4.69) is 47.4 Å². The van der Waals surface area contributed by atoms with Gasteiger partial charge in [-0.25, -0.2) is 0 Å². The third kappa shape index (κ3) is 15.4. The van der Waals surface area contributed by atoms with Gasteiger partial charge in [0, 0.05) is 136 Å². The van der Waals surface area contributed by atoms with E-state index in [1.54, 1.807) is 54.7 Å². The normalized spacial score (nSPS) is 19.1. The first-order chi connectivity index (χ1) is 34.1. The highest BCUT2D eigenvalue weighted by molar-refractivity contribution is 5.54. The van der Waals surface area contributed by atoms with Gasteiger partial charge in [0.2, 0.25) is 0 Å². The van der Waals surface area contributed by atoms with E-state index in [0.29, 0.717) is 30.5 Å². The minimum atomic E-state index is -0.398. The van der Waals surface area contributed by atoms with Crippen molar-refractivity contribution in [2.75, 3.05) is 52.8 Å².